The summed E-state index contributed by atoms with van der Waals surface area (Å²) in [6.45, 7) is 5.50. The maximum atomic E-state index is 11.9. The molecule has 0 aliphatic rings. The summed E-state index contributed by atoms with van der Waals surface area (Å²) in [5.74, 6) is -0.559. The molecule has 6 nitrogen and oxygen atoms in total. The van der Waals surface area contributed by atoms with Crippen LogP contribution in [0.25, 0.3) is 0 Å². The molecular formula is C13H20N2O4S. The SMILES string of the molecule is CC(C)(C)NC(=O)CCNS(=O)(=O)c1ccccc1O. The van der Waals surface area contributed by atoms with Gasteiger partial charge in [-0.05, 0) is 32.9 Å². The number of hydrogen-bond acceptors (Lipinski definition) is 4. The molecule has 0 aliphatic carbocycles. The summed E-state index contributed by atoms with van der Waals surface area (Å²) in [4.78, 5) is 11.4. The van der Waals surface area contributed by atoms with E-state index in [1.807, 2.05) is 20.8 Å². The van der Waals surface area contributed by atoms with E-state index in [2.05, 4.69) is 10.0 Å². The van der Waals surface area contributed by atoms with Crippen LogP contribution in [-0.4, -0.2) is 31.5 Å². The molecule has 1 aromatic carbocycles. The van der Waals surface area contributed by atoms with Crippen LogP contribution >= 0.6 is 0 Å². The zero-order valence-electron chi connectivity index (χ0n) is 11.8. The number of hydrogen-bond donors (Lipinski definition) is 3. The average molecular weight is 300 g/mol. The van der Waals surface area contributed by atoms with E-state index in [1.54, 1.807) is 0 Å². The number of phenolic OH excluding ortho intramolecular Hbond substituents is 1. The van der Waals surface area contributed by atoms with Gasteiger partial charge in [0.05, 0.1) is 0 Å². The van der Waals surface area contributed by atoms with Crippen LogP contribution < -0.4 is 10.0 Å². The second-order valence-corrected chi connectivity index (χ2v) is 7.15. The van der Waals surface area contributed by atoms with Crippen molar-refractivity contribution in [2.24, 2.45) is 0 Å². The monoisotopic (exact) mass is 300 g/mol. The molecule has 0 radical (unpaired) electrons. The fraction of sp³-hybridized carbons (Fsp3) is 0.462. The molecule has 1 aromatic rings. The predicted molar refractivity (Wildman–Crippen MR) is 75.8 cm³/mol. The number of para-hydroxylation sites is 1. The molecule has 20 heavy (non-hydrogen) atoms. The number of nitrogens with one attached hydrogen (secondary N) is 2. The predicted octanol–water partition coefficient (Wildman–Crippen LogP) is 0.975. The van der Waals surface area contributed by atoms with Crippen LogP contribution in [0.1, 0.15) is 27.2 Å². The van der Waals surface area contributed by atoms with Crippen molar-refractivity contribution in [2.75, 3.05) is 6.54 Å². The highest BCUT2D eigenvalue weighted by Gasteiger charge is 2.19. The first-order chi connectivity index (χ1) is 9.12. The Morgan fingerprint density at radius 1 is 1.25 bits per heavy atom. The number of aromatic hydroxyl groups is 1. The summed E-state index contributed by atoms with van der Waals surface area (Å²) in [5, 5.41) is 12.2. The van der Waals surface area contributed by atoms with Crippen molar-refractivity contribution >= 4 is 15.9 Å². The Bertz CT molecular complexity index is 576. The Kier molecular flexibility index (Phi) is 5.13. The second kappa shape index (κ2) is 6.23. The quantitative estimate of drug-likeness (QED) is 0.755. The molecule has 0 heterocycles. The lowest BCUT2D eigenvalue weighted by atomic mass is 10.1. The summed E-state index contributed by atoms with van der Waals surface area (Å²) >= 11 is 0. The van der Waals surface area contributed by atoms with Crippen LogP contribution in [0.3, 0.4) is 0 Å². The van der Waals surface area contributed by atoms with E-state index in [0.717, 1.165) is 0 Å². The number of phenols is 1. The van der Waals surface area contributed by atoms with Crippen molar-refractivity contribution in [1.82, 2.24) is 10.0 Å². The summed E-state index contributed by atoms with van der Waals surface area (Å²) < 4.78 is 26.1. The molecule has 0 spiro atoms. The molecule has 0 aromatic heterocycles. The van der Waals surface area contributed by atoms with E-state index in [0.29, 0.717) is 0 Å². The van der Waals surface area contributed by atoms with Crippen molar-refractivity contribution in [3.05, 3.63) is 24.3 Å². The molecule has 112 valence electrons. The Labute approximate surface area is 119 Å². The molecule has 0 aliphatic heterocycles. The maximum absolute atomic E-state index is 11.9. The minimum absolute atomic E-state index is 0.0292. The standard InChI is InChI=1S/C13H20N2O4S/c1-13(2,3)15-12(17)8-9-14-20(18,19)11-7-5-4-6-10(11)16/h4-7,14,16H,8-9H2,1-3H3,(H,15,17). The lowest BCUT2D eigenvalue weighted by Crippen LogP contribution is -2.41. The normalized spacial score (nSPS) is 12.2. The number of carbonyl (C=O) groups excluding carboxylic acids is 1. The van der Waals surface area contributed by atoms with E-state index in [-0.39, 0.29) is 35.1 Å². The van der Waals surface area contributed by atoms with Crippen molar-refractivity contribution < 1.29 is 18.3 Å². The van der Waals surface area contributed by atoms with E-state index in [9.17, 15) is 18.3 Å². The summed E-state index contributed by atoms with van der Waals surface area (Å²) in [5.41, 5.74) is -0.354. The summed E-state index contributed by atoms with van der Waals surface area (Å²) in [6.07, 6.45) is 0.0318. The molecule has 0 saturated heterocycles. The Balaban J connectivity index is 2.58. The highest BCUT2D eigenvalue weighted by Crippen LogP contribution is 2.20. The highest BCUT2D eigenvalue weighted by molar-refractivity contribution is 7.89. The summed E-state index contributed by atoms with van der Waals surface area (Å²) in [7, 11) is -3.81. The third-order valence-electron chi connectivity index (χ3n) is 2.31. The molecule has 3 N–H and O–H groups in total. The third-order valence-corrected chi connectivity index (χ3v) is 3.82. The van der Waals surface area contributed by atoms with Crippen LogP contribution in [0.5, 0.6) is 5.75 Å². The molecule has 0 bridgehead atoms. The minimum atomic E-state index is -3.81. The van der Waals surface area contributed by atoms with Gasteiger partial charge in [-0.2, -0.15) is 0 Å². The Morgan fingerprint density at radius 2 is 1.85 bits per heavy atom. The van der Waals surface area contributed by atoms with Crippen LogP contribution in [-0.2, 0) is 14.8 Å². The fourth-order valence-electron chi connectivity index (χ4n) is 1.54. The molecule has 0 atom stereocenters. The van der Waals surface area contributed by atoms with E-state index < -0.39 is 10.0 Å². The second-order valence-electron chi connectivity index (χ2n) is 5.41. The number of carbonyl (C=O) groups is 1. The molecule has 0 unspecified atom stereocenters. The van der Waals surface area contributed by atoms with Gasteiger partial charge in [0.1, 0.15) is 10.6 Å². The van der Waals surface area contributed by atoms with Gasteiger partial charge in [0.2, 0.25) is 15.9 Å². The first-order valence-corrected chi connectivity index (χ1v) is 7.69. The van der Waals surface area contributed by atoms with Crippen molar-refractivity contribution in [1.29, 1.82) is 0 Å². The smallest absolute Gasteiger partial charge is 0.244 e. The molecule has 7 heteroatoms. The van der Waals surface area contributed by atoms with Gasteiger partial charge in [-0.1, -0.05) is 12.1 Å². The maximum Gasteiger partial charge on any atom is 0.244 e. The van der Waals surface area contributed by atoms with Crippen LogP contribution in [0.2, 0.25) is 0 Å². The van der Waals surface area contributed by atoms with Gasteiger partial charge < -0.3 is 10.4 Å². The Morgan fingerprint density at radius 3 is 2.40 bits per heavy atom. The molecule has 1 amide bonds. The number of amides is 1. The largest absolute Gasteiger partial charge is 0.507 e. The van der Waals surface area contributed by atoms with Crippen LogP contribution in [0, 0.1) is 0 Å². The zero-order valence-corrected chi connectivity index (χ0v) is 12.6. The molecule has 1 rings (SSSR count). The number of sulfonamides is 1. The minimum Gasteiger partial charge on any atom is -0.507 e. The van der Waals surface area contributed by atoms with Gasteiger partial charge in [0, 0.05) is 18.5 Å². The summed E-state index contributed by atoms with van der Waals surface area (Å²) in [6, 6.07) is 5.64. The zero-order chi connectivity index (χ0) is 15.4. The van der Waals surface area contributed by atoms with Gasteiger partial charge in [0.15, 0.2) is 0 Å². The lowest BCUT2D eigenvalue weighted by Gasteiger charge is -2.20. The van der Waals surface area contributed by atoms with E-state index >= 15 is 0 Å². The molecular weight excluding hydrogens is 280 g/mol. The fourth-order valence-corrected chi connectivity index (χ4v) is 2.67. The highest BCUT2D eigenvalue weighted by atomic mass is 32.2. The first kappa shape index (κ1) is 16.5. The lowest BCUT2D eigenvalue weighted by molar-refractivity contribution is -0.122. The van der Waals surface area contributed by atoms with Gasteiger partial charge >= 0.3 is 0 Å². The van der Waals surface area contributed by atoms with Crippen LogP contribution in [0.15, 0.2) is 29.2 Å². The Hall–Kier alpha value is -1.60. The topological polar surface area (TPSA) is 95.5 Å². The van der Waals surface area contributed by atoms with Gasteiger partial charge in [-0.15, -0.1) is 0 Å². The van der Waals surface area contributed by atoms with Crippen LogP contribution in [0.4, 0.5) is 0 Å². The third kappa shape index (κ3) is 5.18. The van der Waals surface area contributed by atoms with Crippen molar-refractivity contribution in [3.8, 4) is 5.75 Å². The number of rotatable bonds is 5. The van der Waals surface area contributed by atoms with Crippen molar-refractivity contribution in [2.45, 2.75) is 37.6 Å². The average Bonchev–Trinajstić information content (AvgIpc) is 2.26. The van der Waals surface area contributed by atoms with E-state index in [1.165, 1.54) is 24.3 Å². The molecule has 0 fully saturated rings. The first-order valence-electron chi connectivity index (χ1n) is 6.20. The van der Waals surface area contributed by atoms with Gasteiger partial charge in [-0.25, -0.2) is 13.1 Å². The van der Waals surface area contributed by atoms with E-state index in [4.69, 9.17) is 0 Å². The van der Waals surface area contributed by atoms with Crippen molar-refractivity contribution in [3.63, 3.8) is 0 Å². The molecule has 0 saturated carbocycles. The van der Waals surface area contributed by atoms with Gasteiger partial charge in [0.25, 0.3) is 0 Å². The number of benzene rings is 1. The van der Waals surface area contributed by atoms with Gasteiger partial charge in [-0.3, -0.25) is 4.79 Å².